The molecule has 0 aromatic carbocycles. The average molecular weight is 182 g/mol. The van der Waals surface area contributed by atoms with Gasteiger partial charge in [-0.05, 0) is 0 Å². The third-order valence-corrected chi connectivity index (χ3v) is 2.83. The molecule has 0 bridgehead atoms. The fraction of sp³-hybridized carbons (Fsp3) is 0.286. The van der Waals surface area contributed by atoms with Crippen LogP contribution >= 0.6 is 11.8 Å². The second-order valence-corrected chi connectivity index (χ2v) is 3.50. The molecule has 0 fully saturated rings. The van der Waals surface area contributed by atoms with Gasteiger partial charge in [0.05, 0.1) is 10.6 Å². The van der Waals surface area contributed by atoms with Crippen molar-refractivity contribution in [3.05, 3.63) is 22.2 Å². The molecule has 1 aliphatic heterocycles. The summed E-state index contributed by atoms with van der Waals surface area (Å²) in [6, 6.07) is 0. The van der Waals surface area contributed by atoms with Crippen LogP contribution in [0.4, 0.5) is 0 Å². The Morgan fingerprint density at radius 3 is 3.25 bits per heavy atom. The lowest BCUT2D eigenvalue weighted by atomic mass is 10.4. The molecule has 0 saturated heterocycles. The zero-order chi connectivity index (χ0) is 8.55. The molecule has 0 unspecified atom stereocenters. The minimum absolute atomic E-state index is 0.263. The highest BCUT2D eigenvalue weighted by molar-refractivity contribution is 7.99. The second-order valence-electron chi connectivity index (χ2n) is 2.42. The molecule has 0 saturated carbocycles. The van der Waals surface area contributed by atoms with Gasteiger partial charge < -0.3 is 0 Å². The van der Waals surface area contributed by atoms with Crippen molar-refractivity contribution < 1.29 is 4.79 Å². The molecule has 5 heteroatoms. The Labute approximate surface area is 72.6 Å². The van der Waals surface area contributed by atoms with Crippen molar-refractivity contribution >= 4 is 18.0 Å². The SMILES string of the molecule is O=Cc1cnc(=O)n2c1SCC2. The van der Waals surface area contributed by atoms with E-state index < -0.39 is 0 Å². The van der Waals surface area contributed by atoms with Crippen LogP contribution in [-0.2, 0) is 6.54 Å². The maximum atomic E-state index is 11.1. The number of hydrogen-bond donors (Lipinski definition) is 0. The van der Waals surface area contributed by atoms with Crippen molar-refractivity contribution in [1.29, 1.82) is 0 Å². The van der Waals surface area contributed by atoms with E-state index in [2.05, 4.69) is 4.98 Å². The van der Waals surface area contributed by atoms with Crippen LogP contribution in [0, 0.1) is 0 Å². The molecular formula is C7H6N2O2S. The summed E-state index contributed by atoms with van der Waals surface area (Å²) in [5.74, 6) is 0.849. The molecule has 62 valence electrons. The van der Waals surface area contributed by atoms with Gasteiger partial charge in [0.15, 0.2) is 6.29 Å². The number of rotatable bonds is 1. The van der Waals surface area contributed by atoms with Crippen molar-refractivity contribution in [1.82, 2.24) is 9.55 Å². The summed E-state index contributed by atoms with van der Waals surface area (Å²) in [6.07, 6.45) is 2.07. The molecule has 1 aromatic heterocycles. The van der Waals surface area contributed by atoms with Gasteiger partial charge in [-0.25, -0.2) is 9.78 Å². The minimum Gasteiger partial charge on any atom is -0.298 e. The van der Waals surface area contributed by atoms with E-state index in [-0.39, 0.29) is 5.69 Å². The van der Waals surface area contributed by atoms with Crippen LogP contribution in [0.3, 0.4) is 0 Å². The molecule has 0 radical (unpaired) electrons. The highest BCUT2D eigenvalue weighted by Crippen LogP contribution is 2.25. The number of aldehydes is 1. The first-order valence-electron chi connectivity index (χ1n) is 3.51. The number of fused-ring (bicyclic) bond motifs is 1. The number of thioether (sulfide) groups is 1. The van der Waals surface area contributed by atoms with Crippen LogP contribution in [-0.4, -0.2) is 21.6 Å². The second kappa shape index (κ2) is 2.75. The predicted molar refractivity (Wildman–Crippen MR) is 44.6 cm³/mol. The van der Waals surface area contributed by atoms with Gasteiger partial charge in [-0.1, -0.05) is 0 Å². The van der Waals surface area contributed by atoms with Gasteiger partial charge in [0.2, 0.25) is 0 Å². The van der Waals surface area contributed by atoms with E-state index in [9.17, 15) is 9.59 Å². The quantitative estimate of drug-likeness (QED) is 0.458. The molecule has 0 N–H and O–H groups in total. The standard InChI is InChI=1S/C7H6N2O2S/c10-4-5-3-8-7(11)9-1-2-12-6(5)9/h3-4H,1-2H2. The first-order valence-corrected chi connectivity index (χ1v) is 4.49. The predicted octanol–water partition coefficient (Wildman–Crippen LogP) is 0.161. The summed E-state index contributed by atoms with van der Waals surface area (Å²) >= 11 is 1.52. The Balaban J connectivity index is 2.72. The largest absolute Gasteiger partial charge is 0.348 e. The Bertz CT molecular complexity index is 385. The average Bonchev–Trinajstić information content (AvgIpc) is 2.54. The van der Waals surface area contributed by atoms with Crippen molar-refractivity contribution in [2.75, 3.05) is 5.75 Å². The lowest BCUT2D eigenvalue weighted by Crippen LogP contribution is -2.22. The van der Waals surface area contributed by atoms with E-state index >= 15 is 0 Å². The number of carbonyl (C=O) groups excluding carboxylic acids is 1. The maximum absolute atomic E-state index is 11.1. The smallest absolute Gasteiger partial charge is 0.298 e. The highest BCUT2D eigenvalue weighted by Gasteiger charge is 2.16. The van der Waals surface area contributed by atoms with Gasteiger partial charge in [-0.2, -0.15) is 0 Å². The molecule has 0 amide bonds. The third kappa shape index (κ3) is 0.972. The van der Waals surface area contributed by atoms with Gasteiger partial charge in [-0.3, -0.25) is 9.36 Å². The summed E-state index contributed by atoms with van der Waals surface area (Å²) in [7, 11) is 0. The molecule has 4 nitrogen and oxygen atoms in total. The van der Waals surface area contributed by atoms with Crippen LogP contribution in [0.5, 0.6) is 0 Å². The summed E-state index contributed by atoms with van der Waals surface area (Å²) in [5, 5.41) is 0.755. The van der Waals surface area contributed by atoms with E-state index in [0.717, 1.165) is 17.1 Å². The van der Waals surface area contributed by atoms with Crippen LogP contribution in [0.25, 0.3) is 0 Å². The van der Waals surface area contributed by atoms with E-state index in [1.54, 1.807) is 0 Å². The summed E-state index contributed by atoms with van der Waals surface area (Å²) < 4.78 is 1.54. The Hall–Kier alpha value is -1.10. The van der Waals surface area contributed by atoms with E-state index in [4.69, 9.17) is 0 Å². The monoisotopic (exact) mass is 182 g/mol. The van der Waals surface area contributed by atoms with Gasteiger partial charge in [0.25, 0.3) is 0 Å². The molecule has 0 spiro atoms. The number of aromatic nitrogens is 2. The van der Waals surface area contributed by atoms with Crippen molar-refractivity contribution in [3.8, 4) is 0 Å². The first kappa shape index (κ1) is 7.54. The maximum Gasteiger partial charge on any atom is 0.348 e. The van der Waals surface area contributed by atoms with Crippen LogP contribution in [0.1, 0.15) is 10.4 Å². The fourth-order valence-electron chi connectivity index (χ4n) is 1.17. The molecule has 1 aromatic rings. The third-order valence-electron chi connectivity index (χ3n) is 1.72. The van der Waals surface area contributed by atoms with Crippen molar-refractivity contribution in [3.63, 3.8) is 0 Å². The van der Waals surface area contributed by atoms with Gasteiger partial charge in [0.1, 0.15) is 0 Å². The molecule has 0 aliphatic carbocycles. The topological polar surface area (TPSA) is 52.0 Å². The van der Waals surface area contributed by atoms with Gasteiger partial charge in [0, 0.05) is 18.5 Å². The molecule has 2 rings (SSSR count). The summed E-state index contributed by atoms with van der Waals surface area (Å²) in [4.78, 5) is 25.2. The fourth-order valence-corrected chi connectivity index (χ4v) is 2.23. The lowest BCUT2D eigenvalue weighted by Gasteiger charge is -2.00. The van der Waals surface area contributed by atoms with Crippen LogP contribution < -0.4 is 5.69 Å². The van der Waals surface area contributed by atoms with Crippen LogP contribution in [0.2, 0.25) is 0 Å². The highest BCUT2D eigenvalue weighted by atomic mass is 32.2. The van der Waals surface area contributed by atoms with Crippen molar-refractivity contribution in [2.24, 2.45) is 0 Å². The number of hydrogen-bond acceptors (Lipinski definition) is 4. The van der Waals surface area contributed by atoms with E-state index in [1.807, 2.05) is 0 Å². The summed E-state index contributed by atoms with van der Waals surface area (Å²) in [6.45, 7) is 0.660. The Kier molecular flexibility index (Phi) is 1.73. The van der Waals surface area contributed by atoms with Gasteiger partial charge in [-0.15, -0.1) is 11.8 Å². The molecule has 2 heterocycles. The zero-order valence-corrected chi connectivity index (χ0v) is 7.00. The minimum atomic E-state index is -0.263. The lowest BCUT2D eigenvalue weighted by molar-refractivity contribution is 0.111. The molecule has 12 heavy (non-hydrogen) atoms. The molecular weight excluding hydrogens is 176 g/mol. The van der Waals surface area contributed by atoms with Crippen molar-refractivity contribution in [2.45, 2.75) is 11.6 Å². The molecule has 1 aliphatic rings. The Morgan fingerprint density at radius 2 is 2.50 bits per heavy atom. The summed E-state index contributed by atoms with van der Waals surface area (Å²) in [5.41, 5.74) is 0.248. The van der Waals surface area contributed by atoms with E-state index in [0.29, 0.717) is 12.1 Å². The number of carbonyl (C=O) groups is 1. The zero-order valence-electron chi connectivity index (χ0n) is 6.19. The molecule has 0 atom stereocenters. The normalized spacial score (nSPS) is 14.3. The van der Waals surface area contributed by atoms with Gasteiger partial charge >= 0.3 is 5.69 Å². The number of nitrogens with zero attached hydrogens (tertiary/aromatic N) is 2. The first-order chi connectivity index (χ1) is 5.83. The van der Waals surface area contributed by atoms with Crippen LogP contribution in [0.15, 0.2) is 16.0 Å². The Morgan fingerprint density at radius 1 is 1.67 bits per heavy atom. The van der Waals surface area contributed by atoms with E-state index in [1.165, 1.54) is 22.5 Å².